The first kappa shape index (κ1) is 15.6. The highest BCUT2D eigenvalue weighted by molar-refractivity contribution is 5.96. The van der Waals surface area contributed by atoms with E-state index in [0.717, 1.165) is 24.0 Å². The maximum absolute atomic E-state index is 12.8. The van der Waals surface area contributed by atoms with Gasteiger partial charge in [0.15, 0.2) is 0 Å². The molecule has 1 aromatic carbocycles. The molecule has 4 nitrogen and oxygen atoms in total. The van der Waals surface area contributed by atoms with Crippen LogP contribution in [0.5, 0.6) is 0 Å². The average Bonchev–Trinajstić information content (AvgIpc) is 3.31. The van der Waals surface area contributed by atoms with Crippen LogP contribution in [0.4, 0.5) is 0 Å². The van der Waals surface area contributed by atoms with Crippen molar-refractivity contribution in [3.63, 3.8) is 0 Å². The number of hydrogen-bond donors (Lipinski definition) is 1. The zero-order valence-corrected chi connectivity index (χ0v) is 12.6. The number of ether oxygens (including phenoxy) is 1. The van der Waals surface area contributed by atoms with Gasteiger partial charge in [0.2, 0.25) is 0 Å². The number of rotatable bonds is 5. The van der Waals surface area contributed by atoms with E-state index in [1.54, 1.807) is 7.11 Å². The Kier molecular flexibility index (Phi) is 5.38. The van der Waals surface area contributed by atoms with Crippen molar-refractivity contribution in [2.75, 3.05) is 26.9 Å². The minimum atomic E-state index is -0.181. The molecular formula is C17H21NO3. The second-order valence-corrected chi connectivity index (χ2v) is 5.21. The second kappa shape index (κ2) is 7.26. The monoisotopic (exact) mass is 287 g/mol. The number of hydrogen-bond acceptors (Lipinski definition) is 3. The molecular weight excluding hydrogens is 266 g/mol. The van der Waals surface area contributed by atoms with Crippen molar-refractivity contribution < 1.29 is 14.6 Å². The Morgan fingerprint density at radius 3 is 2.86 bits per heavy atom. The Hall–Kier alpha value is -1.83. The summed E-state index contributed by atoms with van der Waals surface area (Å²) >= 11 is 0. The van der Waals surface area contributed by atoms with Crippen LogP contribution in [0.25, 0.3) is 0 Å². The first-order valence-corrected chi connectivity index (χ1v) is 7.17. The van der Waals surface area contributed by atoms with E-state index in [-0.39, 0.29) is 12.5 Å². The summed E-state index contributed by atoms with van der Waals surface area (Å²) in [5.41, 5.74) is 2.38. The van der Waals surface area contributed by atoms with E-state index in [2.05, 4.69) is 11.8 Å². The Bertz CT molecular complexity index is 567. The van der Waals surface area contributed by atoms with Gasteiger partial charge in [0.05, 0.1) is 6.61 Å². The van der Waals surface area contributed by atoms with E-state index in [9.17, 15) is 4.79 Å². The summed E-state index contributed by atoms with van der Waals surface area (Å²) in [6.45, 7) is 2.91. The number of nitrogens with zero attached hydrogens (tertiary/aromatic N) is 1. The highest BCUT2D eigenvalue weighted by atomic mass is 16.5. The lowest BCUT2D eigenvalue weighted by Gasteiger charge is -2.23. The summed E-state index contributed by atoms with van der Waals surface area (Å²) in [5.74, 6) is 5.50. The third-order valence-electron chi connectivity index (χ3n) is 3.56. The lowest BCUT2D eigenvalue weighted by Crippen LogP contribution is -2.36. The van der Waals surface area contributed by atoms with Gasteiger partial charge in [-0.15, -0.1) is 0 Å². The van der Waals surface area contributed by atoms with Gasteiger partial charge in [-0.05, 0) is 37.5 Å². The Morgan fingerprint density at radius 1 is 1.48 bits per heavy atom. The number of carbonyl (C=O) groups is 1. The fourth-order valence-corrected chi connectivity index (χ4v) is 2.25. The van der Waals surface area contributed by atoms with E-state index in [1.807, 2.05) is 30.0 Å². The van der Waals surface area contributed by atoms with Crippen molar-refractivity contribution in [2.45, 2.75) is 25.8 Å². The number of benzene rings is 1. The normalized spacial score (nSPS) is 13.5. The summed E-state index contributed by atoms with van der Waals surface area (Å²) in [4.78, 5) is 14.6. The molecule has 1 N–H and O–H groups in total. The van der Waals surface area contributed by atoms with Crippen LogP contribution in [0.1, 0.15) is 34.3 Å². The van der Waals surface area contributed by atoms with Crippen LogP contribution in [0, 0.1) is 18.8 Å². The van der Waals surface area contributed by atoms with Crippen LogP contribution in [-0.4, -0.2) is 48.8 Å². The molecule has 0 saturated heterocycles. The predicted molar refractivity (Wildman–Crippen MR) is 81.1 cm³/mol. The molecule has 1 aliphatic carbocycles. The third kappa shape index (κ3) is 4.07. The minimum absolute atomic E-state index is 0.0414. The zero-order valence-electron chi connectivity index (χ0n) is 12.6. The Morgan fingerprint density at radius 2 is 2.24 bits per heavy atom. The molecule has 0 atom stereocenters. The van der Waals surface area contributed by atoms with Crippen molar-refractivity contribution in [3.8, 4) is 11.8 Å². The van der Waals surface area contributed by atoms with E-state index in [4.69, 9.17) is 9.84 Å². The van der Waals surface area contributed by atoms with Gasteiger partial charge in [0.25, 0.3) is 5.91 Å². The molecule has 0 bridgehead atoms. The molecule has 0 radical (unpaired) electrons. The van der Waals surface area contributed by atoms with Gasteiger partial charge in [0.1, 0.15) is 6.61 Å². The predicted octanol–water partition coefficient (Wildman–Crippen LogP) is 1.59. The number of aryl methyl sites for hydroxylation is 1. The topological polar surface area (TPSA) is 49.8 Å². The lowest BCUT2D eigenvalue weighted by atomic mass is 10.0. The molecule has 21 heavy (non-hydrogen) atoms. The molecule has 0 aliphatic heterocycles. The molecule has 2 rings (SSSR count). The molecule has 0 unspecified atom stereocenters. The number of amides is 1. The van der Waals surface area contributed by atoms with Crippen LogP contribution in [0.15, 0.2) is 18.2 Å². The van der Waals surface area contributed by atoms with Crippen molar-refractivity contribution in [2.24, 2.45) is 0 Å². The molecule has 1 saturated carbocycles. The van der Waals surface area contributed by atoms with Crippen LogP contribution >= 0.6 is 0 Å². The maximum atomic E-state index is 12.8. The van der Waals surface area contributed by atoms with Gasteiger partial charge >= 0.3 is 0 Å². The first-order chi connectivity index (χ1) is 10.2. The summed E-state index contributed by atoms with van der Waals surface area (Å²) in [6, 6.07) is 5.92. The highest BCUT2D eigenvalue weighted by Gasteiger charge is 2.33. The van der Waals surface area contributed by atoms with E-state index < -0.39 is 0 Å². The van der Waals surface area contributed by atoms with E-state index in [0.29, 0.717) is 24.8 Å². The van der Waals surface area contributed by atoms with Crippen LogP contribution in [0.3, 0.4) is 0 Å². The largest absolute Gasteiger partial charge is 0.384 e. The molecule has 4 heteroatoms. The van der Waals surface area contributed by atoms with Gasteiger partial charge < -0.3 is 14.7 Å². The average molecular weight is 287 g/mol. The van der Waals surface area contributed by atoms with Gasteiger partial charge in [-0.1, -0.05) is 17.9 Å². The standard InChI is InChI=1S/C17H21NO3/c1-13-5-6-14(4-3-10-19)12-16(13)17(20)18(9-11-21-2)15-7-8-15/h5-6,12,15,19H,7-11H2,1-2H3. The SMILES string of the molecule is COCCN(C(=O)c1cc(C#CCO)ccc1C)C1CC1. The molecule has 0 aromatic heterocycles. The van der Waals surface area contributed by atoms with Gasteiger partial charge in [0, 0.05) is 30.8 Å². The van der Waals surface area contributed by atoms with Crippen LogP contribution in [-0.2, 0) is 4.74 Å². The Balaban J connectivity index is 2.23. The molecule has 112 valence electrons. The molecule has 0 spiro atoms. The van der Waals surface area contributed by atoms with E-state index in [1.165, 1.54) is 0 Å². The fourth-order valence-electron chi connectivity index (χ4n) is 2.25. The van der Waals surface area contributed by atoms with Crippen LogP contribution in [0.2, 0.25) is 0 Å². The summed E-state index contributed by atoms with van der Waals surface area (Å²) in [5, 5.41) is 8.76. The molecule has 1 amide bonds. The van der Waals surface area contributed by atoms with Gasteiger partial charge in [-0.2, -0.15) is 0 Å². The van der Waals surface area contributed by atoms with Gasteiger partial charge in [-0.25, -0.2) is 0 Å². The summed E-state index contributed by atoms with van der Waals surface area (Å²) in [7, 11) is 1.64. The number of aliphatic hydroxyl groups excluding tert-OH is 1. The van der Waals surface area contributed by atoms with Crippen molar-refractivity contribution in [3.05, 3.63) is 34.9 Å². The van der Waals surface area contributed by atoms with Crippen molar-refractivity contribution in [1.82, 2.24) is 4.90 Å². The highest BCUT2D eigenvalue weighted by Crippen LogP contribution is 2.28. The number of methoxy groups -OCH3 is 1. The summed E-state index contributed by atoms with van der Waals surface area (Å²) in [6.07, 6.45) is 2.14. The van der Waals surface area contributed by atoms with Crippen molar-refractivity contribution in [1.29, 1.82) is 0 Å². The number of aliphatic hydroxyl groups is 1. The molecule has 1 aromatic rings. The molecule has 1 aliphatic rings. The minimum Gasteiger partial charge on any atom is -0.384 e. The molecule has 1 fully saturated rings. The Labute approximate surface area is 125 Å². The quantitative estimate of drug-likeness (QED) is 0.837. The fraction of sp³-hybridized carbons (Fsp3) is 0.471. The third-order valence-corrected chi connectivity index (χ3v) is 3.56. The van der Waals surface area contributed by atoms with Crippen LogP contribution < -0.4 is 0 Å². The smallest absolute Gasteiger partial charge is 0.254 e. The number of carbonyl (C=O) groups excluding carboxylic acids is 1. The zero-order chi connectivity index (χ0) is 15.2. The summed E-state index contributed by atoms with van der Waals surface area (Å²) < 4.78 is 5.10. The first-order valence-electron chi connectivity index (χ1n) is 7.17. The molecule has 0 heterocycles. The van der Waals surface area contributed by atoms with Gasteiger partial charge in [-0.3, -0.25) is 4.79 Å². The maximum Gasteiger partial charge on any atom is 0.254 e. The van der Waals surface area contributed by atoms with Crippen molar-refractivity contribution >= 4 is 5.91 Å². The second-order valence-electron chi connectivity index (χ2n) is 5.21. The lowest BCUT2D eigenvalue weighted by molar-refractivity contribution is 0.0679. The van der Waals surface area contributed by atoms with E-state index >= 15 is 0 Å².